The van der Waals surface area contributed by atoms with Crippen LogP contribution in [0.2, 0.25) is 0 Å². The Labute approximate surface area is 106 Å². The van der Waals surface area contributed by atoms with Crippen LogP contribution in [0.5, 0.6) is 0 Å². The molecule has 1 aromatic rings. The molecule has 0 N–H and O–H groups in total. The number of hydrogen-bond acceptors (Lipinski definition) is 1. The molecule has 0 aromatic heterocycles. The lowest BCUT2D eigenvalue weighted by molar-refractivity contribution is 0.346. The number of aryl methyl sites for hydroxylation is 1. The maximum atomic E-state index is 3.95. The van der Waals surface area contributed by atoms with Gasteiger partial charge in [-0.2, -0.15) is 0 Å². The summed E-state index contributed by atoms with van der Waals surface area (Å²) < 4.78 is 0. The van der Waals surface area contributed by atoms with Crippen molar-refractivity contribution in [3.05, 3.63) is 47.5 Å². The van der Waals surface area contributed by atoms with Gasteiger partial charge in [0.25, 0.3) is 0 Å². The highest BCUT2D eigenvalue weighted by Gasteiger charge is 2.07. The molecule has 0 aliphatic rings. The van der Waals surface area contributed by atoms with Crippen molar-refractivity contribution < 1.29 is 0 Å². The van der Waals surface area contributed by atoms with Gasteiger partial charge in [0, 0.05) is 6.54 Å². The Hall–Kier alpha value is -1.08. The Balaban J connectivity index is 2.41. The molecule has 0 bridgehead atoms. The quantitative estimate of drug-likeness (QED) is 0.669. The molecule has 1 atom stereocenters. The Morgan fingerprint density at radius 3 is 2.41 bits per heavy atom. The van der Waals surface area contributed by atoms with Crippen LogP contribution in [-0.2, 0) is 0 Å². The van der Waals surface area contributed by atoms with Crippen LogP contribution in [0.1, 0.15) is 37.3 Å². The Kier molecular flexibility index (Phi) is 5.43. The second-order valence-electron chi connectivity index (χ2n) is 5.30. The van der Waals surface area contributed by atoms with Crippen molar-refractivity contribution in [2.24, 2.45) is 0 Å². The first kappa shape index (κ1) is 14.0. The van der Waals surface area contributed by atoms with Crippen molar-refractivity contribution in [1.29, 1.82) is 0 Å². The van der Waals surface area contributed by atoms with E-state index in [4.69, 9.17) is 0 Å². The van der Waals surface area contributed by atoms with Gasteiger partial charge in [-0.3, -0.25) is 0 Å². The zero-order chi connectivity index (χ0) is 12.8. The molecule has 1 rings (SSSR count). The SMILES string of the molecule is C=C(C)CN(C)CCC(C)c1ccc(C)cc1. The molecule has 0 spiro atoms. The lowest BCUT2D eigenvalue weighted by Gasteiger charge is -2.19. The average molecular weight is 231 g/mol. The molecule has 0 fully saturated rings. The third-order valence-electron chi connectivity index (χ3n) is 3.13. The van der Waals surface area contributed by atoms with Crippen molar-refractivity contribution in [1.82, 2.24) is 4.90 Å². The van der Waals surface area contributed by atoms with E-state index in [1.165, 1.54) is 23.1 Å². The van der Waals surface area contributed by atoms with Crippen LogP contribution in [0, 0.1) is 6.92 Å². The van der Waals surface area contributed by atoms with Gasteiger partial charge in [-0.1, -0.05) is 48.9 Å². The van der Waals surface area contributed by atoms with Crippen molar-refractivity contribution >= 4 is 0 Å². The van der Waals surface area contributed by atoms with Crippen molar-refractivity contribution in [2.75, 3.05) is 20.1 Å². The lowest BCUT2D eigenvalue weighted by atomic mass is 9.97. The zero-order valence-electron chi connectivity index (χ0n) is 11.7. The maximum Gasteiger partial charge on any atom is 0.0184 e. The summed E-state index contributed by atoms with van der Waals surface area (Å²) in [7, 11) is 2.16. The molecule has 1 heteroatoms. The van der Waals surface area contributed by atoms with Crippen LogP contribution in [0.4, 0.5) is 0 Å². The molecule has 0 saturated heterocycles. The van der Waals surface area contributed by atoms with Gasteiger partial charge in [-0.05, 0) is 45.3 Å². The Bertz CT molecular complexity index is 350. The normalized spacial score (nSPS) is 12.8. The minimum Gasteiger partial charge on any atom is -0.302 e. The molecule has 0 aliphatic carbocycles. The van der Waals surface area contributed by atoms with Gasteiger partial charge in [0.2, 0.25) is 0 Å². The first-order chi connectivity index (χ1) is 7.99. The fraction of sp³-hybridized carbons (Fsp3) is 0.500. The highest BCUT2D eigenvalue weighted by atomic mass is 15.1. The molecule has 0 heterocycles. The van der Waals surface area contributed by atoms with Crippen LogP contribution in [0.25, 0.3) is 0 Å². The van der Waals surface area contributed by atoms with Crippen LogP contribution in [0.15, 0.2) is 36.4 Å². The Morgan fingerprint density at radius 2 is 1.88 bits per heavy atom. The summed E-state index contributed by atoms with van der Waals surface area (Å²) in [5.74, 6) is 0.628. The van der Waals surface area contributed by atoms with Gasteiger partial charge < -0.3 is 4.90 Å². The minimum absolute atomic E-state index is 0.628. The van der Waals surface area contributed by atoms with E-state index in [0.717, 1.165) is 13.1 Å². The molecule has 0 saturated carbocycles. The predicted octanol–water partition coefficient (Wildman–Crippen LogP) is 4.00. The van der Waals surface area contributed by atoms with E-state index in [1.54, 1.807) is 0 Å². The second kappa shape index (κ2) is 6.61. The van der Waals surface area contributed by atoms with E-state index < -0.39 is 0 Å². The van der Waals surface area contributed by atoms with Crippen LogP contribution >= 0.6 is 0 Å². The van der Waals surface area contributed by atoms with Crippen molar-refractivity contribution in [3.8, 4) is 0 Å². The van der Waals surface area contributed by atoms with Crippen LogP contribution in [0.3, 0.4) is 0 Å². The van der Waals surface area contributed by atoms with Crippen LogP contribution < -0.4 is 0 Å². The second-order valence-corrected chi connectivity index (χ2v) is 5.30. The third kappa shape index (κ3) is 5.18. The number of rotatable bonds is 6. The first-order valence-corrected chi connectivity index (χ1v) is 6.38. The van der Waals surface area contributed by atoms with E-state index in [-0.39, 0.29) is 0 Å². The smallest absolute Gasteiger partial charge is 0.0184 e. The molecule has 0 radical (unpaired) electrons. The summed E-state index contributed by atoms with van der Waals surface area (Å²) in [5.41, 5.74) is 4.01. The van der Waals surface area contributed by atoms with Gasteiger partial charge in [0.1, 0.15) is 0 Å². The standard InChI is InChI=1S/C16H25N/c1-13(2)12-17(5)11-10-15(4)16-8-6-14(3)7-9-16/h6-9,15H,1,10-12H2,2-5H3. The molecular formula is C16H25N. The summed E-state index contributed by atoms with van der Waals surface area (Å²) in [6.45, 7) is 12.6. The van der Waals surface area contributed by atoms with E-state index in [0.29, 0.717) is 5.92 Å². The fourth-order valence-corrected chi connectivity index (χ4v) is 2.02. The largest absolute Gasteiger partial charge is 0.302 e. The molecule has 0 aliphatic heterocycles. The molecule has 0 amide bonds. The molecular weight excluding hydrogens is 206 g/mol. The average Bonchev–Trinajstić information content (AvgIpc) is 2.26. The highest BCUT2D eigenvalue weighted by molar-refractivity contribution is 5.23. The molecule has 1 nitrogen and oxygen atoms in total. The molecule has 94 valence electrons. The van der Waals surface area contributed by atoms with E-state index in [2.05, 4.69) is 63.6 Å². The highest BCUT2D eigenvalue weighted by Crippen LogP contribution is 2.19. The minimum atomic E-state index is 0.628. The van der Waals surface area contributed by atoms with Gasteiger partial charge in [-0.25, -0.2) is 0 Å². The van der Waals surface area contributed by atoms with E-state index in [1.807, 2.05) is 0 Å². The van der Waals surface area contributed by atoms with Gasteiger partial charge in [0.15, 0.2) is 0 Å². The zero-order valence-corrected chi connectivity index (χ0v) is 11.7. The Morgan fingerprint density at radius 1 is 1.29 bits per heavy atom. The third-order valence-corrected chi connectivity index (χ3v) is 3.13. The number of likely N-dealkylation sites (N-methyl/N-ethyl adjacent to an activating group) is 1. The topological polar surface area (TPSA) is 3.24 Å². The summed E-state index contributed by atoms with van der Waals surface area (Å²) in [4.78, 5) is 2.34. The van der Waals surface area contributed by atoms with Crippen molar-refractivity contribution in [2.45, 2.75) is 33.1 Å². The van der Waals surface area contributed by atoms with Gasteiger partial charge in [-0.15, -0.1) is 0 Å². The first-order valence-electron chi connectivity index (χ1n) is 6.38. The predicted molar refractivity (Wildman–Crippen MR) is 76.5 cm³/mol. The number of benzene rings is 1. The number of hydrogen-bond donors (Lipinski definition) is 0. The molecule has 17 heavy (non-hydrogen) atoms. The van der Waals surface area contributed by atoms with Gasteiger partial charge in [0.05, 0.1) is 0 Å². The lowest BCUT2D eigenvalue weighted by Crippen LogP contribution is -2.22. The van der Waals surface area contributed by atoms with Gasteiger partial charge >= 0.3 is 0 Å². The summed E-state index contributed by atoms with van der Waals surface area (Å²) in [6.07, 6.45) is 1.20. The van der Waals surface area contributed by atoms with Crippen molar-refractivity contribution in [3.63, 3.8) is 0 Å². The summed E-state index contributed by atoms with van der Waals surface area (Å²) in [5, 5.41) is 0. The summed E-state index contributed by atoms with van der Waals surface area (Å²) in [6, 6.07) is 8.89. The summed E-state index contributed by atoms with van der Waals surface area (Å²) >= 11 is 0. The maximum absolute atomic E-state index is 3.95. The fourth-order valence-electron chi connectivity index (χ4n) is 2.02. The van der Waals surface area contributed by atoms with E-state index in [9.17, 15) is 0 Å². The monoisotopic (exact) mass is 231 g/mol. The van der Waals surface area contributed by atoms with E-state index >= 15 is 0 Å². The molecule has 1 aromatic carbocycles. The number of nitrogens with zero attached hydrogens (tertiary/aromatic N) is 1. The van der Waals surface area contributed by atoms with Crippen LogP contribution in [-0.4, -0.2) is 25.0 Å². The molecule has 1 unspecified atom stereocenters.